The Balaban J connectivity index is 0.000000968. The highest BCUT2D eigenvalue weighted by atomic mass is 35.5. The van der Waals surface area contributed by atoms with Gasteiger partial charge in [0.1, 0.15) is 17.8 Å². The Morgan fingerprint density at radius 2 is 1.88 bits per heavy atom. The van der Waals surface area contributed by atoms with Gasteiger partial charge < -0.3 is 15.3 Å². The number of nitrogens with zero attached hydrogens (tertiary/aromatic N) is 4. The SMILES string of the molecule is O=C(Nc1c(-c2cc(F)ccc2F)ccnc1N1CC[C@H](F)C1)c1cnc(Cl)nc1.O=CO. The minimum Gasteiger partial charge on any atom is -0.483 e. The highest BCUT2D eigenvalue weighted by Gasteiger charge is 2.27. The lowest BCUT2D eigenvalue weighted by atomic mass is 10.0. The van der Waals surface area contributed by atoms with E-state index in [1.165, 1.54) is 24.7 Å². The number of hydrogen-bond acceptors (Lipinski definition) is 6. The van der Waals surface area contributed by atoms with Crippen molar-refractivity contribution in [3.05, 3.63) is 65.3 Å². The van der Waals surface area contributed by atoms with Crippen LogP contribution < -0.4 is 10.2 Å². The van der Waals surface area contributed by atoms with E-state index in [1.807, 2.05) is 0 Å². The van der Waals surface area contributed by atoms with E-state index in [2.05, 4.69) is 20.3 Å². The fraction of sp³-hybridized carbons (Fsp3) is 0.190. The Morgan fingerprint density at radius 1 is 1.18 bits per heavy atom. The number of alkyl halides is 1. The number of amides is 1. The number of rotatable bonds is 4. The van der Waals surface area contributed by atoms with Crippen molar-refractivity contribution in [2.45, 2.75) is 12.6 Å². The second-order valence-corrected chi connectivity index (χ2v) is 7.15. The van der Waals surface area contributed by atoms with E-state index < -0.39 is 23.7 Å². The van der Waals surface area contributed by atoms with Crippen LogP contribution in [-0.4, -0.2) is 51.7 Å². The average molecular weight is 480 g/mol. The molecular weight excluding hydrogens is 463 g/mol. The fourth-order valence-corrected chi connectivity index (χ4v) is 3.36. The monoisotopic (exact) mass is 479 g/mol. The second kappa shape index (κ2) is 10.7. The maximum atomic E-state index is 14.5. The van der Waals surface area contributed by atoms with Crippen LogP contribution in [0.15, 0.2) is 42.9 Å². The molecule has 3 heterocycles. The molecule has 1 aliphatic heterocycles. The van der Waals surface area contributed by atoms with Crippen molar-refractivity contribution < 1.29 is 27.9 Å². The smallest absolute Gasteiger partial charge is 0.290 e. The largest absolute Gasteiger partial charge is 0.483 e. The van der Waals surface area contributed by atoms with Crippen LogP contribution in [0.3, 0.4) is 0 Å². The van der Waals surface area contributed by atoms with Crippen LogP contribution in [0.1, 0.15) is 16.8 Å². The van der Waals surface area contributed by atoms with Crippen molar-refractivity contribution >= 4 is 35.5 Å². The standard InChI is InChI=1S/C20H15ClF3N5O.CH2O2/c21-20-26-8-11(9-27-20)19(30)28-17-14(15-7-12(22)1-2-16(15)24)3-5-25-18(17)29-6-4-13(23)10-29;2-1-3/h1-3,5,7-9,13H,4,6,10H2,(H,28,30);1H,(H,2,3)/t13-;/m0./s1. The number of carbonyl (C=O) groups is 2. The van der Waals surface area contributed by atoms with Crippen LogP contribution >= 0.6 is 11.6 Å². The van der Waals surface area contributed by atoms with Crippen LogP contribution in [0.2, 0.25) is 5.28 Å². The molecule has 2 N–H and O–H groups in total. The van der Waals surface area contributed by atoms with E-state index in [-0.39, 0.29) is 46.5 Å². The van der Waals surface area contributed by atoms with Gasteiger partial charge in [-0.3, -0.25) is 9.59 Å². The van der Waals surface area contributed by atoms with Crippen molar-refractivity contribution in [1.29, 1.82) is 0 Å². The van der Waals surface area contributed by atoms with Gasteiger partial charge in [0, 0.05) is 36.3 Å². The van der Waals surface area contributed by atoms with Crippen molar-refractivity contribution in [3.8, 4) is 11.1 Å². The number of nitrogens with one attached hydrogen (secondary N) is 1. The van der Waals surface area contributed by atoms with Crippen LogP contribution in [0.5, 0.6) is 0 Å². The number of benzene rings is 1. The van der Waals surface area contributed by atoms with E-state index >= 15 is 0 Å². The topological polar surface area (TPSA) is 108 Å². The predicted octanol–water partition coefficient (Wildman–Crippen LogP) is 3.97. The zero-order valence-electron chi connectivity index (χ0n) is 16.9. The van der Waals surface area contributed by atoms with Crippen molar-refractivity contribution in [3.63, 3.8) is 0 Å². The van der Waals surface area contributed by atoms with Gasteiger partial charge in [-0.25, -0.2) is 28.1 Å². The molecule has 1 atom stereocenters. The molecule has 0 radical (unpaired) electrons. The molecule has 2 aromatic heterocycles. The summed E-state index contributed by atoms with van der Waals surface area (Å²) in [7, 11) is 0. The third kappa shape index (κ3) is 5.75. The number of halogens is 4. The third-order valence-electron chi connectivity index (χ3n) is 4.70. The average Bonchev–Trinajstić information content (AvgIpc) is 3.22. The number of pyridine rings is 1. The fourth-order valence-electron chi connectivity index (χ4n) is 3.27. The normalized spacial score (nSPS) is 14.9. The zero-order valence-corrected chi connectivity index (χ0v) is 17.6. The van der Waals surface area contributed by atoms with Crippen LogP contribution in [0.4, 0.5) is 24.7 Å². The predicted molar refractivity (Wildman–Crippen MR) is 115 cm³/mol. The molecule has 3 aromatic rings. The molecule has 0 spiro atoms. The second-order valence-electron chi connectivity index (χ2n) is 6.81. The van der Waals surface area contributed by atoms with Gasteiger partial charge in [0.15, 0.2) is 5.82 Å². The zero-order chi connectivity index (χ0) is 24.0. The van der Waals surface area contributed by atoms with Gasteiger partial charge in [0.05, 0.1) is 17.8 Å². The van der Waals surface area contributed by atoms with Gasteiger partial charge in [-0.2, -0.15) is 0 Å². The molecule has 4 rings (SSSR count). The minimum absolute atomic E-state index is 0.0257. The Labute approximate surface area is 191 Å². The van der Waals surface area contributed by atoms with Gasteiger partial charge in [0.25, 0.3) is 12.4 Å². The first kappa shape index (κ1) is 23.9. The molecule has 1 aliphatic rings. The summed E-state index contributed by atoms with van der Waals surface area (Å²) in [5.74, 6) is -1.66. The number of aromatic nitrogens is 3. The van der Waals surface area contributed by atoms with Crippen LogP contribution in [0, 0.1) is 11.6 Å². The molecular formula is C21H17ClF3N5O3. The first-order valence-corrected chi connectivity index (χ1v) is 9.92. The van der Waals surface area contributed by atoms with E-state index in [4.69, 9.17) is 21.5 Å². The lowest BCUT2D eigenvalue weighted by molar-refractivity contribution is -0.122. The highest BCUT2D eigenvalue weighted by Crippen LogP contribution is 2.38. The molecule has 1 aromatic carbocycles. The van der Waals surface area contributed by atoms with Crippen molar-refractivity contribution in [1.82, 2.24) is 15.0 Å². The molecule has 0 aliphatic carbocycles. The lowest BCUT2D eigenvalue weighted by Gasteiger charge is -2.22. The van der Waals surface area contributed by atoms with E-state index in [0.29, 0.717) is 13.0 Å². The summed E-state index contributed by atoms with van der Waals surface area (Å²) in [5, 5.41) is 9.54. The lowest BCUT2D eigenvalue weighted by Crippen LogP contribution is -2.24. The first-order valence-electron chi connectivity index (χ1n) is 9.54. The van der Waals surface area contributed by atoms with Crippen molar-refractivity contribution in [2.24, 2.45) is 0 Å². The molecule has 172 valence electrons. The van der Waals surface area contributed by atoms with Gasteiger partial charge >= 0.3 is 0 Å². The summed E-state index contributed by atoms with van der Waals surface area (Å²) in [5.41, 5.74) is 0.389. The molecule has 1 fully saturated rings. The molecule has 0 bridgehead atoms. The number of carbonyl (C=O) groups excluding carboxylic acids is 1. The van der Waals surface area contributed by atoms with Crippen molar-refractivity contribution in [2.75, 3.05) is 23.3 Å². The molecule has 1 saturated heterocycles. The van der Waals surface area contributed by atoms with Gasteiger partial charge in [-0.1, -0.05) is 0 Å². The van der Waals surface area contributed by atoms with Gasteiger partial charge in [-0.05, 0) is 42.3 Å². The summed E-state index contributed by atoms with van der Waals surface area (Å²) in [6, 6.07) is 4.48. The van der Waals surface area contributed by atoms with E-state index in [1.54, 1.807) is 4.90 Å². The summed E-state index contributed by atoms with van der Waals surface area (Å²) in [4.78, 5) is 34.6. The number of hydrogen-bond donors (Lipinski definition) is 2. The maximum absolute atomic E-state index is 14.5. The van der Waals surface area contributed by atoms with Crippen LogP contribution in [-0.2, 0) is 4.79 Å². The Morgan fingerprint density at radius 3 is 2.52 bits per heavy atom. The maximum Gasteiger partial charge on any atom is 0.290 e. The molecule has 0 saturated carbocycles. The van der Waals surface area contributed by atoms with Gasteiger partial charge in [-0.15, -0.1) is 0 Å². The van der Waals surface area contributed by atoms with Crippen LogP contribution in [0.25, 0.3) is 11.1 Å². The summed E-state index contributed by atoms with van der Waals surface area (Å²) in [6.07, 6.45) is 3.13. The summed E-state index contributed by atoms with van der Waals surface area (Å²) in [6.45, 7) is 0.200. The summed E-state index contributed by atoms with van der Waals surface area (Å²) < 4.78 is 42.1. The molecule has 12 heteroatoms. The number of carboxylic acid groups (broad SMARTS) is 1. The molecule has 33 heavy (non-hydrogen) atoms. The van der Waals surface area contributed by atoms with E-state index in [9.17, 15) is 18.0 Å². The Bertz CT molecular complexity index is 1150. The quantitative estimate of drug-likeness (QED) is 0.430. The molecule has 1 amide bonds. The molecule has 0 unspecified atom stereocenters. The van der Waals surface area contributed by atoms with E-state index in [0.717, 1.165) is 18.2 Å². The third-order valence-corrected chi connectivity index (χ3v) is 4.90. The Kier molecular flexibility index (Phi) is 7.78. The first-order chi connectivity index (χ1) is 15.8. The highest BCUT2D eigenvalue weighted by molar-refractivity contribution is 6.28. The van der Waals surface area contributed by atoms with Gasteiger partial charge in [0.2, 0.25) is 5.28 Å². The Hall–Kier alpha value is -3.73. The minimum atomic E-state index is -1.05. The summed E-state index contributed by atoms with van der Waals surface area (Å²) >= 11 is 5.66. The molecule has 8 nitrogen and oxygen atoms in total. The number of anilines is 2.